The number of esters is 1. The Bertz CT molecular complexity index is 540. The molecule has 0 bridgehead atoms. The molecule has 0 N–H and O–H groups in total. The van der Waals surface area contributed by atoms with Crippen LogP contribution in [0.15, 0.2) is 17.0 Å². The molecule has 0 aliphatic heterocycles. The maximum absolute atomic E-state index is 12.3. The first-order valence-corrected chi connectivity index (χ1v) is 6.73. The Balaban J connectivity index is 3.39. The van der Waals surface area contributed by atoms with Gasteiger partial charge in [0, 0.05) is 10.2 Å². The first-order chi connectivity index (χ1) is 8.82. The lowest BCUT2D eigenvalue weighted by molar-refractivity contribution is -0.0328. The SMILES string of the molecule is COC(=O)c1cc(SC(F)(F)F)cc(CBr)c1C#N. The van der Waals surface area contributed by atoms with E-state index in [1.54, 1.807) is 6.07 Å². The van der Waals surface area contributed by atoms with Crippen LogP contribution in [0.4, 0.5) is 13.2 Å². The van der Waals surface area contributed by atoms with Gasteiger partial charge in [-0.1, -0.05) is 15.9 Å². The fourth-order valence-electron chi connectivity index (χ4n) is 1.37. The van der Waals surface area contributed by atoms with Gasteiger partial charge in [-0.3, -0.25) is 0 Å². The number of hydrogen-bond donors (Lipinski definition) is 0. The number of nitrogens with zero attached hydrogens (tertiary/aromatic N) is 1. The third-order valence-electron chi connectivity index (χ3n) is 2.09. The zero-order chi connectivity index (χ0) is 14.6. The maximum Gasteiger partial charge on any atom is 0.446 e. The highest BCUT2D eigenvalue weighted by atomic mass is 79.9. The average molecular weight is 354 g/mol. The van der Waals surface area contributed by atoms with E-state index in [9.17, 15) is 18.0 Å². The van der Waals surface area contributed by atoms with E-state index < -0.39 is 11.5 Å². The van der Waals surface area contributed by atoms with Gasteiger partial charge in [-0.25, -0.2) is 4.79 Å². The number of rotatable bonds is 3. The zero-order valence-electron chi connectivity index (χ0n) is 9.55. The quantitative estimate of drug-likeness (QED) is 0.470. The van der Waals surface area contributed by atoms with E-state index in [1.807, 2.05) is 0 Å². The number of halogens is 4. The van der Waals surface area contributed by atoms with E-state index >= 15 is 0 Å². The molecule has 0 fully saturated rings. The molecular weight excluding hydrogens is 347 g/mol. The van der Waals surface area contributed by atoms with Crippen molar-refractivity contribution in [1.29, 1.82) is 5.26 Å². The van der Waals surface area contributed by atoms with Crippen molar-refractivity contribution in [2.75, 3.05) is 7.11 Å². The first-order valence-electron chi connectivity index (χ1n) is 4.79. The topological polar surface area (TPSA) is 50.1 Å². The molecule has 1 aromatic rings. The lowest BCUT2D eigenvalue weighted by atomic mass is 10.0. The normalized spacial score (nSPS) is 10.9. The van der Waals surface area contributed by atoms with Crippen molar-refractivity contribution in [2.45, 2.75) is 15.7 Å². The van der Waals surface area contributed by atoms with Gasteiger partial charge in [-0.05, 0) is 29.5 Å². The molecule has 0 saturated carbocycles. The van der Waals surface area contributed by atoms with Gasteiger partial charge in [0.2, 0.25) is 0 Å². The number of ether oxygens (including phenoxy) is 1. The van der Waals surface area contributed by atoms with Crippen LogP contribution < -0.4 is 0 Å². The Morgan fingerprint density at radius 2 is 2.16 bits per heavy atom. The number of methoxy groups -OCH3 is 1. The van der Waals surface area contributed by atoms with Gasteiger partial charge in [0.1, 0.15) is 6.07 Å². The van der Waals surface area contributed by atoms with Crippen molar-refractivity contribution in [3.63, 3.8) is 0 Å². The monoisotopic (exact) mass is 353 g/mol. The molecule has 3 nitrogen and oxygen atoms in total. The number of nitriles is 1. The summed E-state index contributed by atoms with van der Waals surface area (Å²) < 4.78 is 41.5. The Morgan fingerprint density at radius 3 is 2.58 bits per heavy atom. The third kappa shape index (κ3) is 4.14. The zero-order valence-corrected chi connectivity index (χ0v) is 11.9. The van der Waals surface area contributed by atoms with Crippen LogP contribution >= 0.6 is 27.7 Å². The molecule has 0 spiro atoms. The highest BCUT2D eigenvalue weighted by molar-refractivity contribution is 9.08. The molecule has 0 aliphatic carbocycles. The number of thioether (sulfide) groups is 1. The summed E-state index contributed by atoms with van der Waals surface area (Å²) in [6, 6.07) is 4.03. The highest BCUT2D eigenvalue weighted by Crippen LogP contribution is 2.38. The predicted octanol–water partition coefficient (Wildman–Crippen LogP) is 3.85. The second-order valence-corrected chi connectivity index (χ2v) is 4.99. The van der Waals surface area contributed by atoms with E-state index in [0.717, 1.165) is 13.2 Å². The van der Waals surface area contributed by atoms with Crippen LogP contribution in [0.5, 0.6) is 0 Å². The molecule has 0 heterocycles. The van der Waals surface area contributed by atoms with Crippen molar-refractivity contribution in [3.05, 3.63) is 28.8 Å². The van der Waals surface area contributed by atoms with Gasteiger partial charge in [0.15, 0.2) is 0 Å². The average Bonchev–Trinajstić information content (AvgIpc) is 2.34. The summed E-state index contributed by atoms with van der Waals surface area (Å²) in [7, 11) is 1.10. The summed E-state index contributed by atoms with van der Waals surface area (Å²) in [5.41, 5.74) is -4.33. The van der Waals surface area contributed by atoms with Crippen LogP contribution in [0.3, 0.4) is 0 Å². The van der Waals surface area contributed by atoms with Crippen molar-refractivity contribution in [1.82, 2.24) is 0 Å². The van der Waals surface area contributed by atoms with E-state index in [2.05, 4.69) is 20.7 Å². The molecule has 0 aliphatic rings. The molecule has 0 aromatic heterocycles. The summed E-state index contributed by atoms with van der Waals surface area (Å²) in [6.45, 7) is 0. The molecule has 0 atom stereocenters. The van der Waals surface area contributed by atoms with Gasteiger partial charge in [0.05, 0.1) is 18.2 Å². The minimum atomic E-state index is -4.47. The second kappa shape index (κ2) is 6.30. The van der Waals surface area contributed by atoms with Crippen molar-refractivity contribution in [3.8, 4) is 6.07 Å². The maximum atomic E-state index is 12.3. The van der Waals surface area contributed by atoms with E-state index in [4.69, 9.17) is 5.26 Å². The largest absolute Gasteiger partial charge is 0.465 e. The second-order valence-electron chi connectivity index (χ2n) is 3.29. The summed E-state index contributed by atoms with van der Waals surface area (Å²) in [4.78, 5) is 11.3. The van der Waals surface area contributed by atoms with Gasteiger partial charge in [-0.2, -0.15) is 18.4 Å². The van der Waals surface area contributed by atoms with Crippen LogP contribution in [0.2, 0.25) is 0 Å². The standard InChI is InChI=1S/C11H7BrF3NO2S/c1-18-10(17)8-3-7(19-11(13,14)15)2-6(4-12)9(8)5-16/h2-3H,4H2,1H3. The molecule has 0 unspecified atom stereocenters. The molecule has 0 amide bonds. The van der Waals surface area contributed by atoms with Crippen LogP contribution in [-0.2, 0) is 10.1 Å². The van der Waals surface area contributed by atoms with E-state index in [1.165, 1.54) is 6.07 Å². The molecule has 1 rings (SSSR count). The van der Waals surface area contributed by atoms with Gasteiger partial charge in [0.25, 0.3) is 0 Å². The number of carbonyl (C=O) groups excluding carboxylic acids is 1. The Kier molecular flexibility index (Phi) is 5.26. The third-order valence-corrected chi connectivity index (χ3v) is 3.40. The minimum Gasteiger partial charge on any atom is -0.465 e. The van der Waals surface area contributed by atoms with E-state index in [0.29, 0.717) is 5.56 Å². The Morgan fingerprint density at radius 1 is 1.53 bits per heavy atom. The molecule has 8 heteroatoms. The first kappa shape index (κ1) is 15.9. The number of carbonyl (C=O) groups is 1. The summed E-state index contributed by atoms with van der Waals surface area (Å²) in [6.07, 6.45) is 0. The number of benzene rings is 1. The van der Waals surface area contributed by atoms with Gasteiger partial charge < -0.3 is 4.74 Å². The van der Waals surface area contributed by atoms with Crippen molar-refractivity contribution in [2.24, 2.45) is 0 Å². The summed E-state index contributed by atoms with van der Waals surface area (Å²) in [5, 5.41) is 9.15. The van der Waals surface area contributed by atoms with Crippen LogP contribution in [-0.4, -0.2) is 18.6 Å². The van der Waals surface area contributed by atoms with Crippen molar-refractivity contribution < 1.29 is 22.7 Å². The number of alkyl halides is 4. The summed E-state index contributed by atoms with van der Waals surface area (Å²) >= 11 is 2.73. The molecule has 102 valence electrons. The predicted molar refractivity (Wildman–Crippen MR) is 67.0 cm³/mol. The Hall–Kier alpha value is -1.20. The Labute approximate surface area is 119 Å². The van der Waals surface area contributed by atoms with Crippen LogP contribution in [0.1, 0.15) is 21.5 Å². The fraction of sp³-hybridized carbons (Fsp3) is 0.273. The molecule has 0 radical (unpaired) electrons. The smallest absolute Gasteiger partial charge is 0.446 e. The summed E-state index contributed by atoms with van der Waals surface area (Å²) in [5.74, 6) is -0.844. The molecule has 19 heavy (non-hydrogen) atoms. The van der Waals surface area contributed by atoms with Crippen LogP contribution in [0.25, 0.3) is 0 Å². The van der Waals surface area contributed by atoms with E-state index in [-0.39, 0.29) is 33.1 Å². The molecular formula is C11H7BrF3NO2S. The minimum absolute atomic E-state index is 0.00949. The van der Waals surface area contributed by atoms with Gasteiger partial charge >= 0.3 is 11.5 Å². The number of hydrogen-bond acceptors (Lipinski definition) is 4. The van der Waals surface area contributed by atoms with Crippen LogP contribution in [0, 0.1) is 11.3 Å². The lowest BCUT2D eigenvalue weighted by Crippen LogP contribution is -2.08. The molecule has 0 saturated heterocycles. The van der Waals surface area contributed by atoms with Gasteiger partial charge in [-0.15, -0.1) is 0 Å². The molecule has 1 aromatic carbocycles. The van der Waals surface area contributed by atoms with Crippen molar-refractivity contribution >= 4 is 33.7 Å². The lowest BCUT2D eigenvalue weighted by Gasteiger charge is -2.11. The highest BCUT2D eigenvalue weighted by Gasteiger charge is 2.30. The fourth-order valence-corrected chi connectivity index (χ4v) is 2.46.